The smallest absolute Gasteiger partial charge is 0.253 e. The number of nitrogens with one attached hydrogen (secondary N) is 1. The Hall–Kier alpha value is -2.11. The predicted octanol–water partition coefficient (Wildman–Crippen LogP) is 2.36. The van der Waals surface area contributed by atoms with E-state index in [9.17, 15) is 4.79 Å². The fourth-order valence-corrected chi connectivity index (χ4v) is 4.43. The van der Waals surface area contributed by atoms with Gasteiger partial charge in [0.15, 0.2) is 5.17 Å². The number of carbonyl (C=O) groups is 1. The SMILES string of the molecule is O=C1CSC2=NCC3(NN12)c1ccccc1-c1ccccc13. The van der Waals surface area contributed by atoms with Crippen LogP contribution in [-0.4, -0.2) is 28.4 Å². The molecule has 5 rings (SSSR count). The Morgan fingerprint density at radius 1 is 1.05 bits per heavy atom. The van der Waals surface area contributed by atoms with E-state index in [-0.39, 0.29) is 5.91 Å². The first-order valence-corrected chi connectivity index (χ1v) is 8.25. The largest absolute Gasteiger partial charge is 0.272 e. The summed E-state index contributed by atoms with van der Waals surface area (Å²) >= 11 is 1.50. The van der Waals surface area contributed by atoms with Gasteiger partial charge in [-0.15, -0.1) is 0 Å². The topological polar surface area (TPSA) is 44.7 Å². The highest BCUT2D eigenvalue weighted by Gasteiger charge is 2.49. The van der Waals surface area contributed by atoms with E-state index in [0.717, 1.165) is 5.17 Å². The van der Waals surface area contributed by atoms with Gasteiger partial charge in [-0.25, -0.2) is 10.4 Å². The molecule has 5 heteroatoms. The summed E-state index contributed by atoms with van der Waals surface area (Å²) in [6.45, 7) is 0.618. The quantitative estimate of drug-likeness (QED) is 0.812. The van der Waals surface area contributed by atoms with Gasteiger partial charge in [0.2, 0.25) is 0 Å². The molecule has 22 heavy (non-hydrogen) atoms. The Kier molecular flexibility index (Phi) is 2.38. The predicted molar refractivity (Wildman–Crippen MR) is 87.4 cm³/mol. The molecule has 108 valence electrons. The molecule has 1 saturated heterocycles. The van der Waals surface area contributed by atoms with Gasteiger partial charge in [0.1, 0.15) is 5.54 Å². The van der Waals surface area contributed by atoms with Crippen molar-refractivity contribution in [1.82, 2.24) is 10.4 Å². The number of hydrazine groups is 1. The zero-order valence-electron chi connectivity index (χ0n) is 11.7. The standard InChI is InChI=1S/C17H13N3OS/c21-15-9-22-16-18-10-17(19-20(15)16)13-7-3-1-5-11(13)12-6-2-4-8-14(12)17/h1-8,19H,9-10H2. The molecule has 1 N–H and O–H groups in total. The summed E-state index contributed by atoms with van der Waals surface area (Å²) in [5.74, 6) is 0.537. The third-order valence-electron chi connectivity index (χ3n) is 4.58. The number of amides is 1. The van der Waals surface area contributed by atoms with Crippen LogP contribution in [0.4, 0.5) is 0 Å². The van der Waals surface area contributed by atoms with Crippen molar-refractivity contribution in [3.8, 4) is 11.1 Å². The highest BCUT2D eigenvalue weighted by atomic mass is 32.2. The lowest BCUT2D eigenvalue weighted by molar-refractivity contribution is -0.127. The number of carbonyl (C=O) groups excluding carboxylic acids is 1. The average molecular weight is 307 g/mol. The molecule has 2 aromatic carbocycles. The van der Waals surface area contributed by atoms with Crippen LogP contribution < -0.4 is 5.43 Å². The van der Waals surface area contributed by atoms with Crippen LogP contribution in [0.25, 0.3) is 11.1 Å². The van der Waals surface area contributed by atoms with Crippen molar-refractivity contribution in [2.75, 3.05) is 12.3 Å². The van der Waals surface area contributed by atoms with Gasteiger partial charge in [-0.2, -0.15) is 0 Å². The number of rotatable bonds is 0. The maximum Gasteiger partial charge on any atom is 0.253 e. The van der Waals surface area contributed by atoms with Crippen molar-refractivity contribution in [3.05, 3.63) is 59.7 Å². The van der Waals surface area contributed by atoms with E-state index in [2.05, 4.69) is 41.8 Å². The Balaban J connectivity index is 1.77. The molecule has 0 bridgehead atoms. The van der Waals surface area contributed by atoms with E-state index < -0.39 is 5.54 Å². The molecule has 2 aromatic rings. The minimum Gasteiger partial charge on any atom is -0.272 e. The molecule has 1 spiro atoms. The molecular formula is C17H13N3OS. The summed E-state index contributed by atoms with van der Waals surface area (Å²) in [5, 5.41) is 2.42. The number of thioether (sulfide) groups is 1. The highest BCUT2D eigenvalue weighted by Crippen LogP contribution is 2.49. The molecule has 1 fully saturated rings. The minimum atomic E-state index is -0.433. The zero-order chi connectivity index (χ0) is 14.7. The normalized spacial score (nSPS) is 20.6. The number of hydrogen-bond donors (Lipinski definition) is 1. The number of nitrogens with zero attached hydrogens (tertiary/aromatic N) is 2. The lowest BCUT2D eigenvalue weighted by atomic mass is 9.87. The van der Waals surface area contributed by atoms with Crippen LogP contribution in [0, 0.1) is 0 Å². The van der Waals surface area contributed by atoms with Gasteiger partial charge in [0.25, 0.3) is 5.91 Å². The van der Waals surface area contributed by atoms with E-state index in [1.54, 1.807) is 5.01 Å². The van der Waals surface area contributed by atoms with Gasteiger partial charge in [-0.1, -0.05) is 60.3 Å². The van der Waals surface area contributed by atoms with Crippen LogP contribution in [0.2, 0.25) is 0 Å². The highest BCUT2D eigenvalue weighted by molar-refractivity contribution is 8.15. The molecule has 2 aliphatic heterocycles. The Morgan fingerprint density at radius 3 is 2.36 bits per heavy atom. The summed E-state index contributed by atoms with van der Waals surface area (Å²) in [6, 6.07) is 16.8. The van der Waals surface area contributed by atoms with Crippen molar-refractivity contribution < 1.29 is 4.79 Å². The molecule has 0 aromatic heterocycles. The lowest BCUT2D eigenvalue weighted by Crippen LogP contribution is -2.58. The average Bonchev–Trinajstić information content (AvgIpc) is 3.07. The number of benzene rings is 2. The summed E-state index contributed by atoms with van der Waals surface area (Å²) in [4.78, 5) is 16.8. The van der Waals surface area contributed by atoms with Crippen LogP contribution in [-0.2, 0) is 10.3 Å². The fourth-order valence-electron chi connectivity index (χ4n) is 3.62. The number of amidine groups is 1. The van der Waals surface area contributed by atoms with E-state index in [1.165, 1.54) is 34.0 Å². The van der Waals surface area contributed by atoms with Gasteiger partial charge >= 0.3 is 0 Å². The summed E-state index contributed by atoms with van der Waals surface area (Å²) in [6.07, 6.45) is 0. The van der Waals surface area contributed by atoms with Crippen LogP contribution >= 0.6 is 11.8 Å². The Bertz CT molecular complexity index is 800. The second-order valence-electron chi connectivity index (χ2n) is 5.72. The first-order valence-electron chi connectivity index (χ1n) is 7.27. The second kappa shape index (κ2) is 4.21. The van der Waals surface area contributed by atoms with E-state index in [4.69, 9.17) is 4.99 Å². The van der Waals surface area contributed by atoms with Gasteiger partial charge in [0, 0.05) is 0 Å². The van der Waals surface area contributed by atoms with Crippen molar-refractivity contribution in [2.45, 2.75) is 5.54 Å². The van der Waals surface area contributed by atoms with Crippen LogP contribution in [0.5, 0.6) is 0 Å². The molecule has 0 radical (unpaired) electrons. The second-order valence-corrected chi connectivity index (χ2v) is 6.67. The van der Waals surface area contributed by atoms with Crippen LogP contribution in [0.3, 0.4) is 0 Å². The summed E-state index contributed by atoms with van der Waals surface area (Å²) in [5.41, 5.74) is 7.90. The fraction of sp³-hybridized carbons (Fsp3) is 0.176. The molecule has 2 heterocycles. The van der Waals surface area contributed by atoms with E-state index in [0.29, 0.717) is 12.3 Å². The maximum atomic E-state index is 12.1. The molecule has 0 saturated carbocycles. The third kappa shape index (κ3) is 1.42. The van der Waals surface area contributed by atoms with Gasteiger partial charge in [-0.3, -0.25) is 9.79 Å². The van der Waals surface area contributed by atoms with Gasteiger partial charge < -0.3 is 0 Å². The maximum absolute atomic E-state index is 12.1. The van der Waals surface area contributed by atoms with Crippen molar-refractivity contribution >= 4 is 22.8 Å². The lowest BCUT2D eigenvalue weighted by Gasteiger charge is -2.38. The van der Waals surface area contributed by atoms with E-state index in [1.807, 2.05) is 12.1 Å². The first-order chi connectivity index (χ1) is 10.8. The first kappa shape index (κ1) is 12.4. The zero-order valence-corrected chi connectivity index (χ0v) is 12.6. The van der Waals surface area contributed by atoms with Crippen molar-refractivity contribution in [3.63, 3.8) is 0 Å². The summed E-state index contributed by atoms with van der Waals surface area (Å²) in [7, 11) is 0. The molecule has 4 nitrogen and oxygen atoms in total. The number of hydrogen-bond acceptors (Lipinski definition) is 4. The number of fused-ring (bicyclic) bond motifs is 6. The summed E-state index contributed by atoms with van der Waals surface area (Å²) < 4.78 is 0. The monoisotopic (exact) mass is 307 g/mol. The third-order valence-corrected chi connectivity index (χ3v) is 5.54. The molecular weight excluding hydrogens is 294 g/mol. The van der Waals surface area contributed by atoms with Crippen LogP contribution in [0.1, 0.15) is 11.1 Å². The molecule has 0 unspecified atom stereocenters. The van der Waals surface area contributed by atoms with Gasteiger partial charge in [0.05, 0.1) is 12.3 Å². The van der Waals surface area contributed by atoms with E-state index >= 15 is 0 Å². The van der Waals surface area contributed by atoms with Crippen LogP contribution in [0.15, 0.2) is 53.5 Å². The molecule has 3 aliphatic rings. The van der Waals surface area contributed by atoms with Gasteiger partial charge in [-0.05, 0) is 22.3 Å². The van der Waals surface area contributed by atoms with Crippen molar-refractivity contribution in [2.24, 2.45) is 4.99 Å². The minimum absolute atomic E-state index is 0.0738. The Labute approximate surface area is 132 Å². The molecule has 1 amide bonds. The molecule has 0 atom stereocenters. The molecule has 1 aliphatic carbocycles. The van der Waals surface area contributed by atoms with Crippen molar-refractivity contribution in [1.29, 1.82) is 0 Å². The Morgan fingerprint density at radius 2 is 1.68 bits per heavy atom. The number of aliphatic imine (C=N–C) groups is 1.